The maximum Gasteiger partial charge on any atom is 0.220 e. The summed E-state index contributed by atoms with van der Waals surface area (Å²) < 4.78 is 0. The average molecular weight is 281 g/mol. The van der Waals surface area contributed by atoms with E-state index >= 15 is 0 Å². The second kappa shape index (κ2) is 7.99. The molecule has 2 saturated heterocycles. The molecule has 2 rings (SSSR count). The third-order valence-electron chi connectivity index (χ3n) is 4.52. The van der Waals surface area contributed by atoms with Crippen molar-refractivity contribution in [3.63, 3.8) is 0 Å². The van der Waals surface area contributed by atoms with Crippen molar-refractivity contribution in [3.8, 4) is 0 Å². The first-order chi connectivity index (χ1) is 9.63. The number of carbonyl (C=O) groups excluding carboxylic acids is 1. The van der Waals surface area contributed by atoms with Crippen molar-refractivity contribution in [2.24, 2.45) is 17.8 Å². The molecule has 2 fully saturated rings. The summed E-state index contributed by atoms with van der Waals surface area (Å²) in [6.07, 6.45) is 4.22. The van der Waals surface area contributed by atoms with Crippen molar-refractivity contribution < 1.29 is 4.79 Å². The predicted molar refractivity (Wildman–Crippen MR) is 82.6 cm³/mol. The zero-order valence-electron chi connectivity index (χ0n) is 13.2. The normalized spacial score (nSPS) is 27.4. The van der Waals surface area contributed by atoms with Crippen LogP contribution in [0, 0.1) is 17.8 Å². The van der Waals surface area contributed by atoms with Crippen LogP contribution in [0.4, 0.5) is 0 Å². The lowest BCUT2D eigenvalue weighted by Crippen LogP contribution is -2.32. The number of hydrogen-bond acceptors (Lipinski definition) is 3. The van der Waals surface area contributed by atoms with Gasteiger partial charge >= 0.3 is 0 Å². The number of nitrogens with zero attached hydrogens (tertiary/aromatic N) is 1. The van der Waals surface area contributed by atoms with Gasteiger partial charge in [0.15, 0.2) is 0 Å². The molecular weight excluding hydrogens is 250 g/mol. The molecule has 0 aliphatic carbocycles. The summed E-state index contributed by atoms with van der Waals surface area (Å²) in [4.78, 5) is 14.4. The van der Waals surface area contributed by atoms with E-state index in [9.17, 15) is 4.79 Å². The lowest BCUT2D eigenvalue weighted by molar-refractivity contribution is -0.121. The lowest BCUT2D eigenvalue weighted by atomic mass is 10.0. The molecule has 0 aromatic heterocycles. The Hall–Kier alpha value is -0.610. The second-order valence-corrected chi connectivity index (χ2v) is 7.01. The molecule has 2 aliphatic heterocycles. The molecule has 0 aromatic rings. The average Bonchev–Trinajstić information content (AvgIpc) is 3.04. The van der Waals surface area contributed by atoms with Gasteiger partial charge in [-0.05, 0) is 56.7 Å². The Morgan fingerprint density at radius 1 is 1.35 bits per heavy atom. The fourth-order valence-electron chi connectivity index (χ4n) is 3.40. The van der Waals surface area contributed by atoms with E-state index in [2.05, 4.69) is 29.4 Å². The van der Waals surface area contributed by atoms with Crippen LogP contribution in [-0.4, -0.2) is 50.1 Å². The van der Waals surface area contributed by atoms with E-state index in [0.29, 0.717) is 18.3 Å². The molecule has 1 amide bonds. The number of carbonyl (C=O) groups is 1. The monoisotopic (exact) mass is 281 g/mol. The van der Waals surface area contributed by atoms with Crippen LogP contribution in [0.1, 0.15) is 39.5 Å². The van der Waals surface area contributed by atoms with Crippen LogP contribution in [0.15, 0.2) is 0 Å². The van der Waals surface area contributed by atoms with Gasteiger partial charge in [0, 0.05) is 26.1 Å². The summed E-state index contributed by atoms with van der Waals surface area (Å²) >= 11 is 0. The highest BCUT2D eigenvalue weighted by Gasteiger charge is 2.23. The van der Waals surface area contributed by atoms with E-state index in [1.165, 1.54) is 25.9 Å². The minimum absolute atomic E-state index is 0.249. The Balaban J connectivity index is 1.54. The second-order valence-electron chi connectivity index (χ2n) is 7.01. The van der Waals surface area contributed by atoms with Crippen LogP contribution < -0.4 is 10.6 Å². The fourth-order valence-corrected chi connectivity index (χ4v) is 3.40. The summed E-state index contributed by atoms with van der Waals surface area (Å²) in [6, 6.07) is 0. The minimum Gasteiger partial charge on any atom is -0.356 e. The van der Waals surface area contributed by atoms with E-state index in [-0.39, 0.29) is 5.91 Å². The Morgan fingerprint density at radius 2 is 2.20 bits per heavy atom. The van der Waals surface area contributed by atoms with Crippen LogP contribution in [0.5, 0.6) is 0 Å². The first-order valence-corrected chi connectivity index (χ1v) is 8.33. The molecule has 2 heterocycles. The van der Waals surface area contributed by atoms with Crippen molar-refractivity contribution in [1.82, 2.24) is 15.5 Å². The van der Waals surface area contributed by atoms with Gasteiger partial charge in [-0.25, -0.2) is 0 Å². The molecule has 20 heavy (non-hydrogen) atoms. The minimum atomic E-state index is 0.249. The highest BCUT2D eigenvalue weighted by Crippen LogP contribution is 2.17. The van der Waals surface area contributed by atoms with Crippen molar-refractivity contribution in [2.45, 2.75) is 39.5 Å². The van der Waals surface area contributed by atoms with Crippen LogP contribution in [-0.2, 0) is 4.79 Å². The number of hydrogen-bond donors (Lipinski definition) is 2. The molecule has 116 valence electrons. The lowest BCUT2D eigenvalue weighted by Gasteiger charge is -2.18. The van der Waals surface area contributed by atoms with E-state index in [1.807, 2.05) is 0 Å². The first kappa shape index (κ1) is 15.8. The van der Waals surface area contributed by atoms with Gasteiger partial charge in [0.2, 0.25) is 5.91 Å². The first-order valence-electron chi connectivity index (χ1n) is 8.33. The maximum atomic E-state index is 11.9. The molecule has 2 N–H and O–H groups in total. The predicted octanol–water partition coefficient (Wildman–Crippen LogP) is 1.47. The molecule has 4 nitrogen and oxygen atoms in total. The van der Waals surface area contributed by atoms with Gasteiger partial charge in [0.05, 0.1) is 0 Å². The number of nitrogens with one attached hydrogen (secondary N) is 2. The number of amides is 1. The molecular formula is C16H31N3O. The summed E-state index contributed by atoms with van der Waals surface area (Å²) in [7, 11) is 0. The van der Waals surface area contributed by atoms with Crippen molar-refractivity contribution in [2.75, 3.05) is 39.3 Å². The molecule has 0 spiro atoms. The number of rotatable bonds is 7. The molecule has 0 saturated carbocycles. The molecule has 2 unspecified atom stereocenters. The Labute approximate surface area is 123 Å². The van der Waals surface area contributed by atoms with E-state index in [0.717, 1.165) is 38.5 Å². The Bertz CT molecular complexity index is 300. The fraction of sp³-hybridized carbons (Fsp3) is 0.938. The SMILES string of the molecule is CC(C)CN1CCC(CNC(=O)CCC2CCNC2)C1. The summed E-state index contributed by atoms with van der Waals surface area (Å²) in [5.41, 5.74) is 0. The maximum absolute atomic E-state index is 11.9. The standard InChI is InChI=1S/C16H31N3O/c1-13(2)11-19-8-6-15(12-19)10-18-16(20)4-3-14-5-7-17-9-14/h13-15,17H,3-12H2,1-2H3,(H,18,20). The largest absolute Gasteiger partial charge is 0.356 e. The van der Waals surface area contributed by atoms with Gasteiger partial charge in [-0.2, -0.15) is 0 Å². The topological polar surface area (TPSA) is 44.4 Å². The molecule has 4 heteroatoms. The molecule has 2 atom stereocenters. The van der Waals surface area contributed by atoms with Crippen LogP contribution in [0.3, 0.4) is 0 Å². The Kier molecular flexibility index (Phi) is 6.30. The van der Waals surface area contributed by atoms with Crippen LogP contribution in [0.25, 0.3) is 0 Å². The summed E-state index contributed by atoms with van der Waals surface area (Å²) in [5.74, 6) is 2.36. The van der Waals surface area contributed by atoms with E-state index in [4.69, 9.17) is 0 Å². The van der Waals surface area contributed by atoms with E-state index in [1.54, 1.807) is 0 Å². The van der Waals surface area contributed by atoms with Gasteiger partial charge in [0.25, 0.3) is 0 Å². The third-order valence-corrected chi connectivity index (χ3v) is 4.52. The van der Waals surface area contributed by atoms with Gasteiger partial charge < -0.3 is 15.5 Å². The molecule has 0 bridgehead atoms. The molecule has 0 aromatic carbocycles. The molecule has 2 aliphatic rings. The van der Waals surface area contributed by atoms with Gasteiger partial charge in [-0.15, -0.1) is 0 Å². The van der Waals surface area contributed by atoms with Crippen molar-refractivity contribution >= 4 is 5.91 Å². The Morgan fingerprint density at radius 3 is 2.90 bits per heavy atom. The van der Waals surface area contributed by atoms with Crippen molar-refractivity contribution in [1.29, 1.82) is 0 Å². The third kappa shape index (κ3) is 5.41. The van der Waals surface area contributed by atoms with E-state index < -0.39 is 0 Å². The highest BCUT2D eigenvalue weighted by atomic mass is 16.1. The quantitative estimate of drug-likeness (QED) is 0.743. The molecule has 0 radical (unpaired) electrons. The zero-order valence-corrected chi connectivity index (χ0v) is 13.2. The van der Waals surface area contributed by atoms with Crippen LogP contribution >= 0.6 is 0 Å². The van der Waals surface area contributed by atoms with Crippen molar-refractivity contribution in [3.05, 3.63) is 0 Å². The van der Waals surface area contributed by atoms with Crippen LogP contribution in [0.2, 0.25) is 0 Å². The van der Waals surface area contributed by atoms with Gasteiger partial charge in [-0.1, -0.05) is 13.8 Å². The zero-order chi connectivity index (χ0) is 14.4. The van der Waals surface area contributed by atoms with Gasteiger partial charge in [-0.3, -0.25) is 4.79 Å². The summed E-state index contributed by atoms with van der Waals surface area (Å²) in [5, 5.41) is 6.49. The number of likely N-dealkylation sites (tertiary alicyclic amines) is 1. The smallest absolute Gasteiger partial charge is 0.220 e. The summed E-state index contributed by atoms with van der Waals surface area (Å²) in [6.45, 7) is 11.2. The highest BCUT2D eigenvalue weighted by molar-refractivity contribution is 5.75. The van der Waals surface area contributed by atoms with Gasteiger partial charge in [0.1, 0.15) is 0 Å².